The van der Waals surface area contributed by atoms with E-state index in [1.165, 1.54) is 31.2 Å². The molecule has 0 saturated carbocycles. The number of unbranched alkanes of at least 4 members (excludes halogenated alkanes) is 3. The summed E-state index contributed by atoms with van der Waals surface area (Å²) in [6, 6.07) is 11.2. The lowest BCUT2D eigenvalue weighted by Crippen LogP contribution is -2.22. The fourth-order valence-corrected chi connectivity index (χ4v) is 2.14. The van der Waals surface area contributed by atoms with Gasteiger partial charge in [0.2, 0.25) is 0 Å². The van der Waals surface area contributed by atoms with E-state index in [0.29, 0.717) is 6.04 Å². The van der Waals surface area contributed by atoms with Gasteiger partial charge >= 0.3 is 0 Å². The Morgan fingerprint density at radius 1 is 1.17 bits per heavy atom. The smallest absolute Gasteiger partial charge is 0.0320 e. The van der Waals surface area contributed by atoms with Gasteiger partial charge in [-0.25, -0.2) is 0 Å². The van der Waals surface area contributed by atoms with E-state index in [1.807, 2.05) is 0 Å². The second-order valence-electron chi connectivity index (χ2n) is 4.72. The van der Waals surface area contributed by atoms with Crippen LogP contribution in [0.15, 0.2) is 30.3 Å². The molecule has 0 amide bonds. The third-order valence-electron chi connectivity index (χ3n) is 3.16. The molecule has 0 aliphatic rings. The highest BCUT2D eigenvalue weighted by Crippen LogP contribution is 2.19. The molecule has 18 heavy (non-hydrogen) atoms. The number of rotatable bonds is 9. The Labute approximate surface area is 112 Å². The van der Waals surface area contributed by atoms with Crippen LogP contribution in [0.4, 0.5) is 0 Å². The van der Waals surface area contributed by atoms with Crippen molar-refractivity contribution in [2.75, 3.05) is 6.54 Å². The zero-order valence-corrected chi connectivity index (χ0v) is 11.5. The quantitative estimate of drug-likeness (QED) is 0.503. The van der Waals surface area contributed by atoms with Gasteiger partial charge in [-0.05, 0) is 31.4 Å². The Balaban J connectivity index is 2.39. The number of hydrogen-bond donors (Lipinski definition) is 1. The van der Waals surface area contributed by atoms with Gasteiger partial charge in [-0.2, -0.15) is 0 Å². The van der Waals surface area contributed by atoms with Crippen LogP contribution in [0, 0.1) is 12.3 Å². The summed E-state index contributed by atoms with van der Waals surface area (Å²) in [5.74, 6) is 2.71. The average molecular weight is 243 g/mol. The SMILES string of the molecule is C#CCCCCCC(NCCC)c1ccccc1. The van der Waals surface area contributed by atoms with Crippen molar-refractivity contribution in [1.29, 1.82) is 0 Å². The first-order valence-corrected chi connectivity index (χ1v) is 7.10. The Morgan fingerprint density at radius 2 is 1.94 bits per heavy atom. The average Bonchev–Trinajstić information content (AvgIpc) is 2.43. The Bertz CT molecular complexity index is 336. The lowest BCUT2D eigenvalue weighted by Gasteiger charge is -2.18. The summed E-state index contributed by atoms with van der Waals surface area (Å²) in [4.78, 5) is 0. The number of nitrogens with one attached hydrogen (secondary N) is 1. The van der Waals surface area contributed by atoms with Crippen molar-refractivity contribution < 1.29 is 0 Å². The summed E-state index contributed by atoms with van der Waals surface area (Å²) >= 11 is 0. The number of terminal acetylenes is 1. The monoisotopic (exact) mass is 243 g/mol. The molecule has 0 aliphatic carbocycles. The van der Waals surface area contributed by atoms with Crippen molar-refractivity contribution in [2.24, 2.45) is 0 Å². The zero-order valence-electron chi connectivity index (χ0n) is 11.5. The first kappa shape index (κ1) is 14.8. The fraction of sp³-hybridized carbons (Fsp3) is 0.529. The minimum atomic E-state index is 0.497. The maximum absolute atomic E-state index is 5.26. The normalized spacial score (nSPS) is 12.0. The van der Waals surface area contributed by atoms with Gasteiger partial charge in [-0.1, -0.05) is 50.1 Å². The molecule has 1 aromatic rings. The van der Waals surface area contributed by atoms with E-state index in [9.17, 15) is 0 Å². The molecular formula is C17H25N. The van der Waals surface area contributed by atoms with Crippen molar-refractivity contribution in [3.05, 3.63) is 35.9 Å². The summed E-state index contributed by atoms with van der Waals surface area (Å²) < 4.78 is 0. The first-order valence-electron chi connectivity index (χ1n) is 7.10. The third kappa shape index (κ3) is 5.89. The van der Waals surface area contributed by atoms with Crippen LogP contribution in [0.5, 0.6) is 0 Å². The molecule has 0 radical (unpaired) electrons. The van der Waals surface area contributed by atoms with E-state index in [-0.39, 0.29) is 0 Å². The second kappa shape index (κ2) is 9.74. The molecule has 0 fully saturated rings. The molecule has 0 aliphatic heterocycles. The molecule has 1 unspecified atom stereocenters. The van der Waals surface area contributed by atoms with Crippen molar-refractivity contribution >= 4 is 0 Å². The lowest BCUT2D eigenvalue weighted by atomic mass is 10.00. The maximum atomic E-state index is 5.26. The van der Waals surface area contributed by atoms with Gasteiger partial charge in [0, 0.05) is 12.5 Å². The largest absolute Gasteiger partial charge is 0.310 e. The van der Waals surface area contributed by atoms with Crippen LogP contribution >= 0.6 is 0 Å². The van der Waals surface area contributed by atoms with E-state index in [2.05, 4.69) is 48.5 Å². The fourth-order valence-electron chi connectivity index (χ4n) is 2.14. The molecule has 0 aromatic heterocycles. The van der Waals surface area contributed by atoms with Gasteiger partial charge in [0.15, 0.2) is 0 Å². The van der Waals surface area contributed by atoms with Gasteiger partial charge in [0.1, 0.15) is 0 Å². The third-order valence-corrected chi connectivity index (χ3v) is 3.16. The minimum absolute atomic E-state index is 0.497. The highest BCUT2D eigenvalue weighted by Gasteiger charge is 2.09. The summed E-state index contributed by atoms with van der Waals surface area (Å²) in [6.07, 6.45) is 12.2. The summed E-state index contributed by atoms with van der Waals surface area (Å²) in [5, 5.41) is 3.64. The Kier molecular flexibility index (Phi) is 8.01. The zero-order chi connectivity index (χ0) is 13.1. The first-order chi connectivity index (χ1) is 8.88. The molecule has 0 spiro atoms. The molecule has 1 N–H and O–H groups in total. The molecule has 98 valence electrons. The highest BCUT2D eigenvalue weighted by molar-refractivity contribution is 5.18. The summed E-state index contributed by atoms with van der Waals surface area (Å²) in [6.45, 7) is 3.30. The molecule has 1 nitrogen and oxygen atoms in total. The number of benzene rings is 1. The van der Waals surface area contributed by atoms with E-state index in [4.69, 9.17) is 6.42 Å². The molecule has 0 saturated heterocycles. The highest BCUT2D eigenvalue weighted by atomic mass is 14.9. The molecule has 1 heteroatoms. The second-order valence-corrected chi connectivity index (χ2v) is 4.72. The van der Waals surface area contributed by atoms with Crippen molar-refractivity contribution in [3.8, 4) is 12.3 Å². The predicted molar refractivity (Wildman–Crippen MR) is 79.4 cm³/mol. The van der Waals surface area contributed by atoms with E-state index in [0.717, 1.165) is 19.4 Å². The van der Waals surface area contributed by atoms with E-state index in [1.54, 1.807) is 0 Å². The Morgan fingerprint density at radius 3 is 2.61 bits per heavy atom. The Hall–Kier alpha value is -1.26. The van der Waals surface area contributed by atoms with Crippen molar-refractivity contribution in [3.63, 3.8) is 0 Å². The van der Waals surface area contributed by atoms with Gasteiger partial charge in [-0.3, -0.25) is 0 Å². The molecule has 1 atom stereocenters. The standard InChI is InChI=1S/C17H25N/c1-3-5-6-7-11-14-17(18-15-4-2)16-12-9-8-10-13-16/h1,8-10,12-13,17-18H,4-7,11,14-15H2,2H3. The maximum Gasteiger partial charge on any atom is 0.0320 e. The lowest BCUT2D eigenvalue weighted by molar-refractivity contribution is 0.472. The van der Waals surface area contributed by atoms with Crippen molar-refractivity contribution in [1.82, 2.24) is 5.32 Å². The van der Waals surface area contributed by atoms with Crippen LogP contribution in [-0.4, -0.2) is 6.54 Å². The van der Waals surface area contributed by atoms with Crippen LogP contribution in [-0.2, 0) is 0 Å². The van der Waals surface area contributed by atoms with Gasteiger partial charge in [0.05, 0.1) is 0 Å². The van der Waals surface area contributed by atoms with Crippen LogP contribution < -0.4 is 5.32 Å². The summed E-state index contributed by atoms with van der Waals surface area (Å²) in [7, 11) is 0. The number of hydrogen-bond acceptors (Lipinski definition) is 1. The van der Waals surface area contributed by atoms with Gasteiger partial charge in [0.25, 0.3) is 0 Å². The van der Waals surface area contributed by atoms with E-state index >= 15 is 0 Å². The topological polar surface area (TPSA) is 12.0 Å². The van der Waals surface area contributed by atoms with Gasteiger partial charge in [-0.15, -0.1) is 12.3 Å². The predicted octanol–water partition coefficient (Wildman–Crippen LogP) is 4.31. The molecule has 0 bridgehead atoms. The molecule has 1 rings (SSSR count). The van der Waals surface area contributed by atoms with E-state index < -0.39 is 0 Å². The van der Waals surface area contributed by atoms with Crippen LogP contribution in [0.3, 0.4) is 0 Å². The van der Waals surface area contributed by atoms with Crippen LogP contribution in [0.2, 0.25) is 0 Å². The minimum Gasteiger partial charge on any atom is -0.310 e. The van der Waals surface area contributed by atoms with Crippen LogP contribution in [0.25, 0.3) is 0 Å². The summed E-state index contributed by atoms with van der Waals surface area (Å²) in [5.41, 5.74) is 1.41. The molecule has 0 heterocycles. The van der Waals surface area contributed by atoms with Gasteiger partial charge < -0.3 is 5.32 Å². The molecular weight excluding hydrogens is 218 g/mol. The van der Waals surface area contributed by atoms with Crippen molar-refractivity contribution in [2.45, 2.75) is 51.5 Å². The van der Waals surface area contributed by atoms with Crippen LogP contribution in [0.1, 0.15) is 57.1 Å². The molecule has 1 aromatic carbocycles.